The number of ketones is 1. The SMILES string of the molecule is CC(C)CN1C(=O)C(=O)N(CC(=O)c2cccc(Br)c2)C1=O. The summed E-state index contributed by atoms with van der Waals surface area (Å²) in [5, 5.41) is 0. The zero-order valence-electron chi connectivity index (χ0n) is 12.2. The van der Waals surface area contributed by atoms with Gasteiger partial charge in [-0.3, -0.25) is 19.3 Å². The van der Waals surface area contributed by atoms with E-state index in [9.17, 15) is 19.2 Å². The molecule has 1 aliphatic heterocycles. The van der Waals surface area contributed by atoms with Crippen LogP contribution in [0.25, 0.3) is 0 Å². The van der Waals surface area contributed by atoms with Crippen molar-refractivity contribution < 1.29 is 19.2 Å². The Balaban J connectivity index is 2.16. The van der Waals surface area contributed by atoms with Gasteiger partial charge in [-0.15, -0.1) is 0 Å². The number of carbonyl (C=O) groups is 4. The number of Topliss-reactive ketones (excluding diaryl/α,β-unsaturated/α-hetero) is 1. The van der Waals surface area contributed by atoms with E-state index in [1.54, 1.807) is 24.3 Å². The monoisotopic (exact) mass is 366 g/mol. The number of nitrogens with zero attached hydrogens (tertiary/aromatic N) is 2. The lowest BCUT2D eigenvalue weighted by Gasteiger charge is -2.16. The van der Waals surface area contributed by atoms with E-state index in [4.69, 9.17) is 0 Å². The Morgan fingerprint density at radius 2 is 1.77 bits per heavy atom. The minimum absolute atomic E-state index is 0.0430. The van der Waals surface area contributed by atoms with Crippen molar-refractivity contribution in [3.05, 3.63) is 34.3 Å². The second-order valence-electron chi connectivity index (χ2n) is 5.42. The largest absolute Gasteiger partial charge is 0.334 e. The van der Waals surface area contributed by atoms with Gasteiger partial charge in [-0.1, -0.05) is 41.9 Å². The normalized spacial score (nSPS) is 15.2. The van der Waals surface area contributed by atoms with Crippen molar-refractivity contribution in [1.82, 2.24) is 9.80 Å². The summed E-state index contributed by atoms with van der Waals surface area (Å²) >= 11 is 3.25. The molecule has 0 unspecified atom stereocenters. The standard InChI is InChI=1S/C15H15BrN2O4/c1-9(2)7-17-13(20)14(21)18(15(17)22)8-12(19)10-4-3-5-11(16)6-10/h3-6,9H,7-8H2,1-2H3. The van der Waals surface area contributed by atoms with Crippen LogP contribution in [0.15, 0.2) is 28.7 Å². The summed E-state index contributed by atoms with van der Waals surface area (Å²) in [5.74, 6) is -2.18. The van der Waals surface area contributed by atoms with Crippen LogP contribution in [0.5, 0.6) is 0 Å². The minimum Gasteiger partial charge on any atom is -0.292 e. The van der Waals surface area contributed by atoms with Crippen LogP contribution in [0, 0.1) is 5.92 Å². The summed E-state index contributed by atoms with van der Waals surface area (Å²) in [7, 11) is 0. The molecule has 0 aliphatic carbocycles. The van der Waals surface area contributed by atoms with Gasteiger partial charge >= 0.3 is 17.8 Å². The zero-order chi connectivity index (χ0) is 16.4. The number of benzene rings is 1. The number of hydrogen-bond donors (Lipinski definition) is 0. The van der Waals surface area contributed by atoms with Gasteiger partial charge in [0.05, 0.1) is 6.54 Å². The lowest BCUT2D eigenvalue weighted by molar-refractivity contribution is -0.143. The van der Waals surface area contributed by atoms with Gasteiger partial charge in [-0.2, -0.15) is 0 Å². The highest BCUT2D eigenvalue weighted by Crippen LogP contribution is 2.17. The highest BCUT2D eigenvalue weighted by atomic mass is 79.9. The first-order valence-corrected chi connectivity index (χ1v) is 7.56. The van der Waals surface area contributed by atoms with Gasteiger partial charge in [0, 0.05) is 16.6 Å². The van der Waals surface area contributed by atoms with Gasteiger partial charge in [-0.05, 0) is 18.1 Å². The van der Waals surface area contributed by atoms with Crippen molar-refractivity contribution >= 4 is 39.6 Å². The quantitative estimate of drug-likeness (QED) is 0.454. The number of imide groups is 2. The van der Waals surface area contributed by atoms with E-state index in [2.05, 4.69) is 15.9 Å². The average Bonchev–Trinajstić information content (AvgIpc) is 2.64. The van der Waals surface area contributed by atoms with Crippen LogP contribution in [0.1, 0.15) is 24.2 Å². The first-order valence-electron chi connectivity index (χ1n) is 6.77. The third-order valence-electron chi connectivity index (χ3n) is 3.13. The summed E-state index contributed by atoms with van der Waals surface area (Å²) < 4.78 is 0.718. The van der Waals surface area contributed by atoms with Crippen molar-refractivity contribution in [2.75, 3.05) is 13.1 Å². The maximum Gasteiger partial charge on any atom is 0.334 e. The number of carbonyl (C=O) groups excluding carboxylic acids is 4. The minimum atomic E-state index is -0.950. The second-order valence-corrected chi connectivity index (χ2v) is 6.33. The van der Waals surface area contributed by atoms with E-state index >= 15 is 0 Å². The Bertz CT molecular complexity index is 657. The molecule has 1 aromatic carbocycles. The lowest BCUT2D eigenvalue weighted by Crippen LogP contribution is -2.38. The molecule has 116 valence electrons. The van der Waals surface area contributed by atoms with Crippen molar-refractivity contribution in [2.45, 2.75) is 13.8 Å². The highest BCUT2D eigenvalue weighted by Gasteiger charge is 2.45. The summed E-state index contributed by atoms with van der Waals surface area (Å²) in [4.78, 5) is 49.6. The molecular weight excluding hydrogens is 352 g/mol. The molecule has 0 saturated carbocycles. The van der Waals surface area contributed by atoms with E-state index in [1.165, 1.54) is 0 Å². The second kappa shape index (κ2) is 6.39. The smallest absolute Gasteiger partial charge is 0.292 e. The first-order chi connectivity index (χ1) is 10.3. The number of rotatable bonds is 5. The van der Waals surface area contributed by atoms with E-state index in [0.29, 0.717) is 10.5 Å². The van der Waals surface area contributed by atoms with Crippen LogP contribution in [0.4, 0.5) is 4.79 Å². The topological polar surface area (TPSA) is 74.8 Å². The Hall–Kier alpha value is -2.02. The third-order valence-corrected chi connectivity index (χ3v) is 3.62. The Labute approximate surface area is 136 Å². The molecule has 0 spiro atoms. The van der Waals surface area contributed by atoms with Gasteiger partial charge in [0.15, 0.2) is 5.78 Å². The molecule has 0 aromatic heterocycles. The van der Waals surface area contributed by atoms with E-state index < -0.39 is 30.2 Å². The van der Waals surface area contributed by atoms with Gasteiger partial charge in [0.25, 0.3) is 0 Å². The lowest BCUT2D eigenvalue weighted by atomic mass is 10.1. The van der Waals surface area contributed by atoms with Gasteiger partial charge in [0.2, 0.25) is 0 Å². The molecular formula is C15H15BrN2O4. The number of urea groups is 1. The zero-order valence-corrected chi connectivity index (χ0v) is 13.8. The van der Waals surface area contributed by atoms with Crippen LogP contribution in [0.2, 0.25) is 0 Å². The number of hydrogen-bond acceptors (Lipinski definition) is 4. The molecule has 1 aliphatic rings. The Morgan fingerprint density at radius 3 is 2.36 bits per heavy atom. The van der Waals surface area contributed by atoms with Gasteiger partial charge < -0.3 is 0 Å². The van der Waals surface area contributed by atoms with E-state index in [1.807, 2.05) is 13.8 Å². The van der Waals surface area contributed by atoms with Crippen LogP contribution in [0.3, 0.4) is 0 Å². The predicted octanol–water partition coefficient (Wildman–Crippen LogP) is 2.08. The number of amides is 4. The Kier molecular flexibility index (Phi) is 4.75. The maximum atomic E-state index is 12.2. The molecule has 4 amide bonds. The molecule has 1 heterocycles. The summed E-state index contributed by atoms with van der Waals surface area (Å²) in [6, 6.07) is 5.90. The molecule has 0 bridgehead atoms. The molecule has 1 saturated heterocycles. The Morgan fingerprint density at radius 1 is 1.14 bits per heavy atom. The first kappa shape index (κ1) is 16.4. The van der Waals surface area contributed by atoms with Crippen LogP contribution < -0.4 is 0 Å². The fourth-order valence-electron chi connectivity index (χ4n) is 2.11. The average molecular weight is 367 g/mol. The van der Waals surface area contributed by atoms with E-state index in [0.717, 1.165) is 9.37 Å². The van der Waals surface area contributed by atoms with Crippen LogP contribution >= 0.6 is 15.9 Å². The molecule has 1 aromatic rings. The summed E-state index contributed by atoms with van der Waals surface area (Å²) in [5.41, 5.74) is 0.365. The summed E-state index contributed by atoms with van der Waals surface area (Å²) in [6.45, 7) is 3.39. The van der Waals surface area contributed by atoms with Crippen LogP contribution in [-0.4, -0.2) is 46.5 Å². The molecule has 2 rings (SSSR count). The molecule has 1 fully saturated rings. The molecule has 22 heavy (non-hydrogen) atoms. The van der Waals surface area contributed by atoms with Gasteiger partial charge in [0.1, 0.15) is 0 Å². The molecule has 0 atom stereocenters. The maximum absolute atomic E-state index is 12.2. The van der Waals surface area contributed by atoms with Crippen molar-refractivity contribution in [3.63, 3.8) is 0 Å². The number of halogens is 1. The fraction of sp³-hybridized carbons (Fsp3) is 0.333. The highest BCUT2D eigenvalue weighted by molar-refractivity contribution is 9.10. The van der Waals surface area contributed by atoms with E-state index in [-0.39, 0.29) is 12.5 Å². The molecule has 0 N–H and O–H groups in total. The molecule has 0 radical (unpaired) electrons. The van der Waals surface area contributed by atoms with Crippen molar-refractivity contribution in [3.8, 4) is 0 Å². The van der Waals surface area contributed by atoms with Crippen molar-refractivity contribution in [2.24, 2.45) is 5.92 Å². The molecule has 7 heteroatoms. The summed E-state index contributed by atoms with van der Waals surface area (Å²) in [6.07, 6.45) is 0. The molecule has 6 nitrogen and oxygen atoms in total. The van der Waals surface area contributed by atoms with Crippen LogP contribution in [-0.2, 0) is 9.59 Å². The fourth-order valence-corrected chi connectivity index (χ4v) is 2.51. The third kappa shape index (κ3) is 3.24. The van der Waals surface area contributed by atoms with Gasteiger partial charge in [-0.25, -0.2) is 9.69 Å². The van der Waals surface area contributed by atoms with Crippen molar-refractivity contribution in [1.29, 1.82) is 0 Å². The predicted molar refractivity (Wildman–Crippen MR) is 82.1 cm³/mol.